The standard InChI is InChI=1S/C7H15N/c1-5-6-8-7(2,3)4/h5-6,8H,1-4H3/b6-5+. The highest BCUT2D eigenvalue weighted by Gasteiger charge is 2.03. The van der Waals surface area contributed by atoms with Gasteiger partial charge < -0.3 is 5.32 Å². The fourth-order valence-corrected chi connectivity index (χ4v) is 0.333. The summed E-state index contributed by atoms with van der Waals surface area (Å²) in [4.78, 5) is 0. The summed E-state index contributed by atoms with van der Waals surface area (Å²) in [6, 6.07) is 0. The zero-order valence-electron chi connectivity index (χ0n) is 6.15. The molecule has 0 heterocycles. The van der Waals surface area contributed by atoms with Gasteiger partial charge in [-0.05, 0) is 33.9 Å². The maximum Gasteiger partial charge on any atom is 0.0283 e. The molecular formula is C7H15N. The van der Waals surface area contributed by atoms with E-state index in [1.807, 2.05) is 19.2 Å². The minimum atomic E-state index is 0.215. The summed E-state index contributed by atoms with van der Waals surface area (Å²) >= 11 is 0. The summed E-state index contributed by atoms with van der Waals surface area (Å²) < 4.78 is 0. The molecular weight excluding hydrogens is 98.1 g/mol. The van der Waals surface area contributed by atoms with Crippen LogP contribution in [0.25, 0.3) is 0 Å². The predicted octanol–water partition coefficient (Wildman–Crippen LogP) is 1.91. The van der Waals surface area contributed by atoms with Crippen LogP contribution in [0.1, 0.15) is 27.7 Å². The Hall–Kier alpha value is -0.460. The Balaban J connectivity index is 3.39. The molecule has 48 valence electrons. The second-order valence-corrected chi connectivity index (χ2v) is 2.89. The lowest BCUT2D eigenvalue weighted by Gasteiger charge is -2.17. The van der Waals surface area contributed by atoms with Crippen LogP contribution < -0.4 is 5.32 Å². The maximum atomic E-state index is 3.19. The second kappa shape index (κ2) is 2.75. The van der Waals surface area contributed by atoms with Crippen molar-refractivity contribution in [3.63, 3.8) is 0 Å². The monoisotopic (exact) mass is 113 g/mol. The third-order valence-electron chi connectivity index (χ3n) is 0.683. The van der Waals surface area contributed by atoms with Gasteiger partial charge in [-0.2, -0.15) is 0 Å². The minimum absolute atomic E-state index is 0.215. The molecule has 0 aromatic rings. The largest absolute Gasteiger partial charge is 0.387 e. The SMILES string of the molecule is C/C=C/NC(C)(C)C. The van der Waals surface area contributed by atoms with Crippen LogP contribution in [0.5, 0.6) is 0 Å². The molecule has 0 aliphatic heterocycles. The molecule has 0 aromatic carbocycles. The number of allylic oxidation sites excluding steroid dienone is 1. The van der Waals surface area contributed by atoms with Gasteiger partial charge in [0.15, 0.2) is 0 Å². The smallest absolute Gasteiger partial charge is 0.0283 e. The van der Waals surface area contributed by atoms with Crippen LogP contribution >= 0.6 is 0 Å². The molecule has 0 aliphatic carbocycles. The van der Waals surface area contributed by atoms with Crippen LogP contribution in [0.4, 0.5) is 0 Å². The van der Waals surface area contributed by atoms with Gasteiger partial charge in [0.25, 0.3) is 0 Å². The molecule has 0 unspecified atom stereocenters. The van der Waals surface area contributed by atoms with Gasteiger partial charge in [-0.3, -0.25) is 0 Å². The molecule has 0 rings (SSSR count). The van der Waals surface area contributed by atoms with Crippen molar-refractivity contribution >= 4 is 0 Å². The Labute approximate surface area is 51.8 Å². The van der Waals surface area contributed by atoms with Crippen molar-refractivity contribution in [1.82, 2.24) is 5.32 Å². The van der Waals surface area contributed by atoms with Crippen LogP contribution in [0, 0.1) is 0 Å². The van der Waals surface area contributed by atoms with Crippen molar-refractivity contribution < 1.29 is 0 Å². The number of nitrogens with one attached hydrogen (secondary N) is 1. The molecule has 0 saturated heterocycles. The average molecular weight is 113 g/mol. The minimum Gasteiger partial charge on any atom is -0.387 e. The Morgan fingerprint density at radius 3 is 1.88 bits per heavy atom. The average Bonchev–Trinajstić information content (AvgIpc) is 1.59. The molecule has 0 amide bonds. The Bertz CT molecular complexity index is 76.9. The molecule has 0 aromatic heterocycles. The van der Waals surface area contributed by atoms with Crippen molar-refractivity contribution in [1.29, 1.82) is 0 Å². The molecule has 1 N–H and O–H groups in total. The lowest BCUT2D eigenvalue weighted by molar-refractivity contribution is 0.491. The first-order valence-corrected chi connectivity index (χ1v) is 2.95. The number of hydrogen-bond acceptors (Lipinski definition) is 1. The van der Waals surface area contributed by atoms with E-state index in [2.05, 4.69) is 26.1 Å². The van der Waals surface area contributed by atoms with Crippen molar-refractivity contribution in [2.75, 3.05) is 0 Å². The summed E-state index contributed by atoms with van der Waals surface area (Å²) in [5, 5.41) is 3.19. The van der Waals surface area contributed by atoms with Crippen molar-refractivity contribution in [3.05, 3.63) is 12.3 Å². The number of rotatable bonds is 1. The highest BCUT2D eigenvalue weighted by molar-refractivity contribution is 4.82. The maximum absolute atomic E-state index is 3.19. The van der Waals surface area contributed by atoms with Gasteiger partial charge in [0.2, 0.25) is 0 Å². The van der Waals surface area contributed by atoms with Crippen LogP contribution in [0.3, 0.4) is 0 Å². The zero-order chi connectivity index (χ0) is 6.62. The van der Waals surface area contributed by atoms with Gasteiger partial charge in [0, 0.05) is 5.54 Å². The number of hydrogen-bond donors (Lipinski definition) is 1. The van der Waals surface area contributed by atoms with Gasteiger partial charge in [-0.1, -0.05) is 6.08 Å². The summed E-state index contributed by atoms with van der Waals surface area (Å²) in [6.07, 6.45) is 3.95. The van der Waals surface area contributed by atoms with Crippen LogP contribution in [0.15, 0.2) is 12.3 Å². The quantitative estimate of drug-likeness (QED) is 0.547. The van der Waals surface area contributed by atoms with E-state index in [1.165, 1.54) is 0 Å². The summed E-state index contributed by atoms with van der Waals surface area (Å²) in [7, 11) is 0. The topological polar surface area (TPSA) is 12.0 Å². The first-order valence-electron chi connectivity index (χ1n) is 2.95. The fraction of sp³-hybridized carbons (Fsp3) is 0.714. The summed E-state index contributed by atoms with van der Waals surface area (Å²) in [5.41, 5.74) is 0.215. The molecule has 0 spiro atoms. The van der Waals surface area contributed by atoms with E-state index in [0.29, 0.717) is 0 Å². The van der Waals surface area contributed by atoms with Crippen molar-refractivity contribution in [2.24, 2.45) is 0 Å². The van der Waals surface area contributed by atoms with E-state index < -0.39 is 0 Å². The third-order valence-corrected chi connectivity index (χ3v) is 0.683. The van der Waals surface area contributed by atoms with Crippen LogP contribution in [0.2, 0.25) is 0 Å². The summed E-state index contributed by atoms with van der Waals surface area (Å²) in [5.74, 6) is 0. The normalized spacial score (nSPS) is 12.5. The molecule has 0 atom stereocenters. The Morgan fingerprint density at radius 2 is 1.75 bits per heavy atom. The fourth-order valence-electron chi connectivity index (χ4n) is 0.333. The predicted molar refractivity (Wildman–Crippen MR) is 37.7 cm³/mol. The molecule has 8 heavy (non-hydrogen) atoms. The molecule has 1 heteroatoms. The van der Waals surface area contributed by atoms with Crippen molar-refractivity contribution in [2.45, 2.75) is 33.2 Å². The Kier molecular flexibility index (Phi) is 2.59. The molecule has 0 bridgehead atoms. The van der Waals surface area contributed by atoms with E-state index in [4.69, 9.17) is 0 Å². The molecule has 1 nitrogen and oxygen atoms in total. The van der Waals surface area contributed by atoms with E-state index in [1.54, 1.807) is 0 Å². The van der Waals surface area contributed by atoms with E-state index in [0.717, 1.165) is 0 Å². The van der Waals surface area contributed by atoms with Gasteiger partial charge in [0.05, 0.1) is 0 Å². The molecule has 0 fully saturated rings. The van der Waals surface area contributed by atoms with E-state index in [9.17, 15) is 0 Å². The highest BCUT2D eigenvalue weighted by atomic mass is 14.9. The lowest BCUT2D eigenvalue weighted by Crippen LogP contribution is -2.30. The van der Waals surface area contributed by atoms with Crippen molar-refractivity contribution in [3.8, 4) is 0 Å². The molecule has 0 aliphatic rings. The summed E-state index contributed by atoms with van der Waals surface area (Å²) in [6.45, 7) is 8.39. The Morgan fingerprint density at radius 1 is 1.25 bits per heavy atom. The zero-order valence-corrected chi connectivity index (χ0v) is 6.15. The first kappa shape index (κ1) is 7.54. The lowest BCUT2D eigenvalue weighted by atomic mass is 10.1. The highest BCUT2D eigenvalue weighted by Crippen LogP contribution is 1.96. The third kappa shape index (κ3) is 5.54. The van der Waals surface area contributed by atoms with Gasteiger partial charge >= 0.3 is 0 Å². The van der Waals surface area contributed by atoms with Gasteiger partial charge in [-0.25, -0.2) is 0 Å². The van der Waals surface area contributed by atoms with E-state index in [-0.39, 0.29) is 5.54 Å². The molecule has 0 radical (unpaired) electrons. The second-order valence-electron chi connectivity index (χ2n) is 2.89. The van der Waals surface area contributed by atoms with Crippen LogP contribution in [-0.2, 0) is 0 Å². The van der Waals surface area contributed by atoms with Crippen LogP contribution in [-0.4, -0.2) is 5.54 Å². The first-order chi connectivity index (χ1) is 3.56. The van der Waals surface area contributed by atoms with Gasteiger partial charge in [0.1, 0.15) is 0 Å². The van der Waals surface area contributed by atoms with Gasteiger partial charge in [-0.15, -0.1) is 0 Å². The van der Waals surface area contributed by atoms with E-state index >= 15 is 0 Å². The molecule has 0 saturated carbocycles.